The predicted molar refractivity (Wildman–Crippen MR) is 115 cm³/mol. The van der Waals surface area contributed by atoms with Gasteiger partial charge in [0.05, 0.1) is 23.7 Å². The molecular weight excluding hydrogens is 448 g/mol. The molecule has 2 aliphatic heterocycles. The molecule has 170 valence electrons. The number of halogens is 2. The molecule has 10 nitrogen and oxygen atoms in total. The van der Waals surface area contributed by atoms with Crippen LogP contribution < -0.4 is 10.6 Å². The average Bonchev–Trinajstić information content (AvgIpc) is 3.23. The molecule has 2 amide bonds. The molecule has 0 spiro atoms. The summed E-state index contributed by atoms with van der Waals surface area (Å²) in [6.45, 7) is 1.21. The van der Waals surface area contributed by atoms with Gasteiger partial charge in [0, 0.05) is 5.56 Å². The molecule has 2 N–H and O–H groups in total. The van der Waals surface area contributed by atoms with Gasteiger partial charge in [-0.15, -0.1) is 0 Å². The number of benzene rings is 1. The number of nitrogens with zero attached hydrogens (tertiary/aromatic N) is 5. The summed E-state index contributed by atoms with van der Waals surface area (Å²) in [5.74, 6) is -1.76. The van der Waals surface area contributed by atoms with E-state index in [1.807, 2.05) is 0 Å². The summed E-state index contributed by atoms with van der Waals surface area (Å²) in [6.07, 6.45) is 1.03. The summed E-state index contributed by atoms with van der Waals surface area (Å²) in [4.78, 5) is 37.8. The third kappa shape index (κ3) is 2.95. The van der Waals surface area contributed by atoms with E-state index >= 15 is 0 Å². The average molecular weight is 463 g/mol. The van der Waals surface area contributed by atoms with Gasteiger partial charge in [0.25, 0.3) is 11.8 Å². The second kappa shape index (κ2) is 7.09. The third-order valence-corrected chi connectivity index (χ3v) is 5.84. The molecule has 6 rings (SSSR count). The van der Waals surface area contributed by atoms with Crippen LogP contribution in [0.4, 0.5) is 20.4 Å². The Balaban J connectivity index is 1.55. The Morgan fingerprint density at radius 3 is 2.71 bits per heavy atom. The van der Waals surface area contributed by atoms with Crippen molar-refractivity contribution in [2.24, 2.45) is 0 Å². The van der Waals surface area contributed by atoms with Gasteiger partial charge in [-0.05, 0) is 19.1 Å². The maximum atomic E-state index is 14.3. The van der Waals surface area contributed by atoms with Gasteiger partial charge in [-0.3, -0.25) is 9.59 Å². The summed E-state index contributed by atoms with van der Waals surface area (Å²) in [5, 5.41) is 10.0. The highest BCUT2D eigenvalue weighted by molar-refractivity contribution is 6.08. The standard InChI is InChI=1S/C22H15F2N7O3/c1-22-15-17(26-14(32)9-34-22)27-19(28-18(15)29-21(22)33)16-12-6-11(23)7-25-20(12)31(30-16)8-10-4-2-3-5-13(10)24/h2-7H,8-9H2,1H3,(H2,26,27,28,29,32,33)/t22-/m1/s1. The first-order chi connectivity index (χ1) is 16.3. The number of pyridine rings is 1. The summed E-state index contributed by atoms with van der Waals surface area (Å²) in [6, 6.07) is 7.43. The van der Waals surface area contributed by atoms with Gasteiger partial charge in [-0.25, -0.2) is 28.4 Å². The predicted octanol–water partition coefficient (Wildman–Crippen LogP) is 2.35. The molecule has 12 heteroatoms. The molecule has 5 heterocycles. The van der Waals surface area contributed by atoms with Crippen molar-refractivity contribution in [3.05, 3.63) is 59.3 Å². The number of carbonyl (C=O) groups excluding carboxylic acids is 2. The first-order valence-electron chi connectivity index (χ1n) is 10.3. The van der Waals surface area contributed by atoms with Crippen molar-refractivity contribution >= 4 is 34.5 Å². The molecule has 3 aromatic heterocycles. The zero-order valence-electron chi connectivity index (χ0n) is 17.6. The van der Waals surface area contributed by atoms with Crippen LogP contribution in [0.25, 0.3) is 22.6 Å². The van der Waals surface area contributed by atoms with E-state index in [9.17, 15) is 18.4 Å². The Morgan fingerprint density at radius 1 is 1.15 bits per heavy atom. The maximum absolute atomic E-state index is 14.3. The fraction of sp³-hybridized carbons (Fsp3) is 0.182. The summed E-state index contributed by atoms with van der Waals surface area (Å²) < 4.78 is 35.4. The molecule has 2 aliphatic rings. The van der Waals surface area contributed by atoms with Gasteiger partial charge in [0.1, 0.15) is 35.6 Å². The zero-order valence-corrected chi connectivity index (χ0v) is 17.6. The minimum Gasteiger partial charge on any atom is -0.351 e. The first-order valence-corrected chi connectivity index (χ1v) is 10.3. The number of hydrogen-bond donors (Lipinski definition) is 2. The van der Waals surface area contributed by atoms with E-state index in [0.29, 0.717) is 11.1 Å². The Kier molecular flexibility index (Phi) is 4.23. The maximum Gasteiger partial charge on any atom is 0.262 e. The largest absolute Gasteiger partial charge is 0.351 e. The minimum absolute atomic E-state index is 0.0187. The molecule has 1 atom stereocenters. The number of hydrogen-bond acceptors (Lipinski definition) is 7. The fourth-order valence-corrected chi connectivity index (χ4v) is 4.15. The van der Waals surface area contributed by atoms with Crippen LogP contribution >= 0.6 is 0 Å². The van der Waals surface area contributed by atoms with Crippen molar-refractivity contribution in [3.63, 3.8) is 0 Å². The highest BCUT2D eigenvalue weighted by Crippen LogP contribution is 2.44. The third-order valence-electron chi connectivity index (χ3n) is 5.84. The lowest BCUT2D eigenvalue weighted by molar-refractivity contribution is -0.142. The van der Waals surface area contributed by atoms with E-state index in [0.717, 1.165) is 6.20 Å². The molecule has 1 aromatic carbocycles. The first kappa shape index (κ1) is 20.3. The van der Waals surface area contributed by atoms with Gasteiger partial charge in [-0.2, -0.15) is 5.10 Å². The van der Waals surface area contributed by atoms with Crippen LogP contribution in [0.2, 0.25) is 0 Å². The molecular formula is C22H15F2N7O3. The van der Waals surface area contributed by atoms with Crippen molar-refractivity contribution in [3.8, 4) is 11.5 Å². The Hall–Kier alpha value is -4.32. The topological polar surface area (TPSA) is 124 Å². The van der Waals surface area contributed by atoms with Gasteiger partial charge in [-0.1, -0.05) is 18.2 Å². The number of fused-ring (bicyclic) bond motifs is 1. The van der Waals surface area contributed by atoms with Crippen molar-refractivity contribution in [2.45, 2.75) is 19.1 Å². The highest BCUT2D eigenvalue weighted by Gasteiger charge is 2.50. The quantitative estimate of drug-likeness (QED) is 0.478. The van der Waals surface area contributed by atoms with E-state index in [1.165, 1.54) is 23.7 Å². The number of ether oxygens (including phenoxy) is 1. The number of aromatic nitrogens is 5. The molecule has 0 radical (unpaired) electrons. The van der Waals surface area contributed by atoms with Crippen LogP contribution in [-0.4, -0.2) is 43.2 Å². The van der Waals surface area contributed by atoms with Crippen molar-refractivity contribution in [2.75, 3.05) is 17.2 Å². The van der Waals surface area contributed by atoms with E-state index in [1.54, 1.807) is 18.2 Å². The summed E-state index contributed by atoms with van der Waals surface area (Å²) >= 11 is 0. The lowest BCUT2D eigenvalue weighted by atomic mass is 9.99. The van der Waals surface area contributed by atoms with Crippen LogP contribution in [0.5, 0.6) is 0 Å². The number of amides is 2. The number of anilines is 2. The van der Waals surface area contributed by atoms with Gasteiger partial charge >= 0.3 is 0 Å². The van der Waals surface area contributed by atoms with Crippen molar-refractivity contribution in [1.29, 1.82) is 0 Å². The lowest BCUT2D eigenvalue weighted by Gasteiger charge is -2.20. The SMILES string of the molecule is C[C@@]12OCC(=O)Nc3nc(-c4nn(Cc5ccccc5F)c5ncc(F)cc45)nc(c31)NC2=O. The molecule has 0 saturated heterocycles. The number of carbonyl (C=O) groups is 2. The second-order valence-electron chi connectivity index (χ2n) is 8.07. The van der Waals surface area contributed by atoms with Crippen molar-refractivity contribution in [1.82, 2.24) is 24.7 Å². The number of rotatable bonds is 3. The van der Waals surface area contributed by atoms with Gasteiger partial charge in [0.15, 0.2) is 17.1 Å². The molecule has 0 unspecified atom stereocenters. The Bertz CT molecular complexity index is 1540. The summed E-state index contributed by atoms with van der Waals surface area (Å²) in [7, 11) is 0. The van der Waals surface area contributed by atoms with Crippen LogP contribution in [0.15, 0.2) is 36.5 Å². The van der Waals surface area contributed by atoms with Crippen LogP contribution in [0.1, 0.15) is 18.1 Å². The van der Waals surface area contributed by atoms with Crippen LogP contribution in [0.3, 0.4) is 0 Å². The lowest BCUT2D eigenvalue weighted by Crippen LogP contribution is -2.34. The van der Waals surface area contributed by atoms with Crippen LogP contribution in [0, 0.1) is 11.6 Å². The van der Waals surface area contributed by atoms with Gasteiger partial charge in [0.2, 0.25) is 0 Å². The molecule has 4 aromatic rings. The van der Waals surface area contributed by atoms with E-state index in [-0.39, 0.29) is 47.3 Å². The monoisotopic (exact) mass is 463 g/mol. The van der Waals surface area contributed by atoms with Crippen LogP contribution in [-0.2, 0) is 26.5 Å². The molecule has 34 heavy (non-hydrogen) atoms. The van der Waals surface area contributed by atoms with E-state index in [2.05, 4.69) is 30.7 Å². The normalized spacial score (nSPS) is 19.0. The molecule has 0 aliphatic carbocycles. The highest BCUT2D eigenvalue weighted by atomic mass is 19.1. The zero-order chi connectivity index (χ0) is 23.6. The van der Waals surface area contributed by atoms with E-state index in [4.69, 9.17) is 4.74 Å². The van der Waals surface area contributed by atoms with E-state index < -0.39 is 29.0 Å². The Morgan fingerprint density at radius 2 is 1.91 bits per heavy atom. The summed E-state index contributed by atoms with van der Waals surface area (Å²) in [5.41, 5.74) is -0.345. The second-order valence-corrected chi connectivity index (χ2v) is 8.07. The van der Waals surface area contributed by atoms with Crippen molar-refractivity contribution < 1.29 is 23.1 Å². The Labute approximate surface area is 190 Å². The van der Waals surface area contributed by atoms with Gasteiger partial charge < -0.3 is 15.4 Å². The fourth-order valence-electron chi connectivity index (χ4n) is 4.15. The minimum atomic E-state index is -1.44. The molecule has 0 fully saturated rings. The number of nitrogens with one attached hydrogen (secondary N) is 2. The smallest absolute Gasteiger partial charge is 0.262 e. The molecule has 0 saturated carbocycles. The molecule has 0 bridgehead atoms.